The number of amides is 4. The molecule has 3 rings (SSSR count). The van der Waals surface area contributed by atoms with Gasteiger partial charge in [0.15, 0.2) is 0 Å². The molecule has 124 valence electrons. The summed E-state index contributed by atoms with van der Waals surface area (Å²) in [6.07, 6.45) is 1.78. The highest BCUT2D eigenvalue weighted by Crippen LogP contribution is 2.29. The van der Waals surface area contributed by atoms with Gasteiger partial charge in [-0.15, -0.1) is 11.3 Å². The Labute approximate surface area is 142 Å². The molecular formula is C16H16N4O3S. The van der Waals surface area contributed by atoms with Gasteiger partial charge in [0, 0.05) is 18.7 Å². The average molecular weight is 344 g/mol. The summed E-state index contributed by atoms with van der Waals surface area (Å²) in [5, 5.41) is 6.27. The SMILES string of the molecule is Cc1ncc(C(=O)Nc2cccc(N3C(=O)CCNC3=O)c2C)s1. The Balaban J connectivity index is 1.89. The highest BCUT2D eigenvalue weighted by molar-refractivity contribution is 7.13. The van der Waals surface area contributed by atoms with Crippen molar-refractivity contribution >= 4 is 40.6 Å². The summed E-state index contributed by atoms with van der Waals surface area (Å²) in [5.41, 5.74) is 1.67. The third kappa shape index (κ3) is 3.00. The maximum Gasteiger partial charge on any atom is 0.328 e. The number of carbonyl (C=O) groups excluding carboxylic acids is 3. The Morgan fingerprint density at radius 3 is 2.79 bits per heavy atom. The number of nitrogens with one attached hydrogen (secondary N) is 2. The predicted octanol–water partition coefficient (Wildman–Crippen LogP) is 2.46. The van der Waals surface area contributed by atoms with Gasteiger partial charge in [0.05, 0.1) is 16.9 Å². The number of aromatic nitrogens is 1. The third-order valence-corrected chi connectivity index (χ3v) is 4.62. The van der Waals surface area contributed by atoms with Gasteiger partial charge >= 0.3 is 6.03 Å². The lowest BCUT2D eigenvalue weighted by Gasteiger charge is -2.27. The Hall–Kier alpha value is -2.74. The maximum atomic E-state index is 12.3. The smallest absolute Gasteiger partial charge is 0.328 e. The molecule has 24 heavy (non-hydrogen) atoms. The molecule has 0 aliphatic carbocycles. The van der Waals surface area contributed by atoms with Gasteiger partial charge in [-0.05, 0) is 31.5 Å². The maximum absolute atomic E-state index is 12.3. The summed E-state index contributed by atoms with van der Waals surface area (Å²) < 4.78 is 0. The van der Waals surface area contributed by atoms with Crippen molar-refractivity contribution < 1.29 is 14.4 Å². The quantitative estimate of drug-likeness (QED) is 0.895. The molecule has 2 aromatic rings. The van der Waals surface area contributed by atoms with Crippen LogP contribution in [0.1, 0.15) is 26.7 Å². The first kappa shape index (κ1) is 16.1. The van der Waals surface area contributed by atoms with E-state index in [2.05, 4.69) is 15.6 Å². The largest absolute Gasteiger partial charge is 0.337 e. The highest BCUT2D eigenvalue weighted by atomic mass is 32.1. The number of rotatable bonds is 3. The number of anilines is 2. The van der Waals surface area contributed by atoms with E-state index in [1.165, 1.54) is 17.5 Å². The number of hydrogen-bond acceptors (Lipinski definition) is 5. The molecule has 0 bridgehead atoms. The van der Waals surface area contributed by atoms with Crippen LogP contribution < -0.4 is 15.5 Å². The number of nitrogens with zero attached hydrogens (tertiary/aromatic N) is 2. The summed E-state index contributed by atoms with van der Waals surface area (Å²) >= 11 is 1.30. The first-order valence-electron chi connectivity index (χ1n) is 7.41. The zero-order chi connectivity index (χ0) is 17.3. The molecule has 2 N–H and O–H groups in total. The molecule has 2 heterocycles. The van der Waals surface area contributed by atoms with E-state index >= 15 is 0 Å². The highest BCUT2D eigenvalue weighted by Gasteiger charge is 2.29. The summed E-state index contributed by atoms with van der Waals surface area (Å²) in [5.74, 6) is -0.529. The molecule has 1 saturated heterocycles. The fraction of sp³-hybridized carbons (Fsp3) is 0.250. The first-order chi connectivity index (χ1) is 11.5. The fourth-order valence-electron chi connectivity index (χ4n) is 2.48. The van der Waals surface area contributed by atoms with Crippen LogP contribution in [0.4, 0.5) is 16.2 Å². The van der Waals surface area contributed by atoms with Gasteiger partial charge in [0.1, 0.15) is 4.88 Å². The standard InChI is InChI=1S/C16H16N4O3S/c1-9-11(19-15(22)13-8-18-10(2)24-13)4-3-5-12(9)20-14(21)6-7-17-16(20)23/h3-5,8H,6-7H2,1-2H3,(H,17,23)(H,19,22). The molecule has 7 nitrogen and oxygen atoms in total. The van der Waals surface area contributed by atoms with Crippen molar-refractivity contribution in [1.29, 1.82) is 0 Å². The second kappa shape index (κ2) is 6.40. The fourth-order valence-corrected chi connectivity index (χ4v) is 3.15. The Morgan fingerprint density at radius 1 is 1.33 bits per heavy atom. The number of hydrogen-bond donors (Lipinski definition) is 2. The van der Waals surface area contributed by atoms with Crippen molar-refractivity contribution in [2.75, 3.05) is 16.8 Å². The van der Waals surface area contributed by atoms with Gasteiger partial charge in [-0.25, -0.2) is 14.7 Å². The lowest BCUT2D eigenvalue weighted by atomic mass is 10.1. The number of aryl methyl sites for hydroxylation is 1. The molecule has 8 heteroatoms. The van der Waals surface area contributed by atoms with Gasteiger partial charge in [-0.2, -0.15) is 0 Å². The van der Waals surface area contributed by atoms with Gasteiger partial charge in [0.25, 0.3) is 5.91 Å². The Morgan fingerprint density at radius 2 is 2.12 bits per heavy atom. The van der Waals surface area contributed by atoms with Crippen LogP contribution in [0, 0.1) is 13.8 Å². The van der Waals surface area contributed by atoms with Crippen LogP contribution in [-0.4, -0.2) is 29.4 Å². The molecule has 1 fully saturated rings. The van der Waals surface area contributed by atoms with E-state index in [9.17, 15) is 14.4 Å². The van der Waals surface area contributed by atoms with E-state index in [1.54, 1.807) is 25.1 Å². The predicted molar refractivity (Wildman–Crippen MR) is 91.5 cm³/mol. The van der Waals surface area contributed by atoms with E-state index in [-0.39, 0.29) is 18.2 Å². The lowest BCUT2D eigenvalue weighted by Crippen LogP contribution is -2.50. The zero-order valence-electron chi connectivity index (χ0n) is 13.3. The number of urea groups is 1. The molecular weight excluding hydrogens is 328 g/mol. The average Bonchev–Trinajstić information content (AvgIpc) is 2.97. The summed E-state index contributed by atoms with van der Waals surface area (Å²) in [6.45, 7) is 3.93. The zero-order valence-corrected chi connectivity index (χ0v) is 14.1. The minimum atomic E-state index is -0.448. The van der Waals surface area contributed by atoms with Crippen LogP contribution in [-0.2, 0) is 4.79 Å². The molecule has 1 aliphatic rings. The Kier molecular flexibility index (Phi) is 4.30. The molecule has 0 unspecified atom stereocenters. The molecule has 0 spiro atoms. The van der Waals surface area contributed by atoms with E-state index < -0.39 is 6.03 Å². The number of thiazole rings is 1. The monoisotopic (exact) mass is 344 g/mol. The molecule has 0 atom stereocenters. The number of carbonyl (C=O) groups is 3. The Bertz CT molecular complexity index is 814. The molecule has 0 radical (unpaired) electrons. The number of imide groups is 1. The van der Waals surface area contributed by atoms with Crippen LogP contribution in [0.25, 0.3) is 0 Å². The minimum absolute atomic E-state index is 0.252. The van der Waals surface area contributed by atoms with Crippen LogP contribution in [0.3, 0.4) is 0 Å². The van der Waals surface area contributed by atoms with Crippen LogP contribution in [0.15, 0.2) is 24.4 Å². The van der Waals surface area contributed by atoms with Crippen molar-refractivity contribution in [3.63, 3.8) is 0 Å². The van der Waals surface area contributed by atoms with Gasteiger partial charge < -0.3 is 10.6 Å². The number of benzene rings is 1. The van der Waals surface area contributed by atoms with Gasteiger partial charge in [-0.1, -0.05) is 6.07 Å². The van der Waals surface area contributed by atoms with Crippen LogP contribution in [0.5, 0.6) is 0 Å². The van der Waals surface area contributed by atoms with Gasteiger partial charge in [-0.3, -0.25) is 9.59 Å². The van der Waals surface area contributed by atoms with Crippen molar-refractivity contribution in [2.24, 2.45) is 0 Å². The second-order valence-electron chi connectivity index (χ2n) is 5.36. The van der Waals surface area contributed by atoms with Crippen molar-refractivity contribution in [2.45, 2.75) is 20.3 Å². The normalized spacial score (nSPS) is 14.5. The van der Waals surface area contributed by atoms with E-state index in [1.807, 2.05) is 6.92 Å². The first-order valence-corrected chi connectivity index (χ1v) is 8.23. The molecule has 4 amide bonds. The van der Waals surface area contributed by atoms with E-state index in [0.29, 0.717) is 28.4 Å². The second-order valence-corrected chi connectivity index (χ2v) is 6.59. The van der Waals surface area contributed by atoms with Crippen molar-refractivity contribution in [1.82, 2.24) is 10.3 Å². The van der Waals surface area contributed by atoms with Crippen molar-refractivity contribution in [3.05, 3.63) is 39.8 Å². The molecule has 1 aromatic heterocycles. The van der Waals surface area contributed by atoms with E-state index in [0.717, 1.165) is 9.91 Å². The summed E-state index contributed by atoms with van der Waals surface area (Å²) in [6, 6.07) is 4.67. The minimum Gasteiger partial charge on any atom is -0.337 e. The van der Waals surface area contributed by atoms with Crippen LogP contribution >= 0.6 is 11.3 Å². The summed E-state index contributed by atoms with van der Waals surface area (Å²) in [7, 11) is 0. The summed E-state index contributed by atoms with van der Waals surface area (Å²) in [4.78, 5) is 42.1. The van der Waals surface area contributed by atoms with E-state index in [4.69, 9.17) is 0 Å². The third-order valence-electron chi connectivity index (χ3n) is 3.71. The molecule has 1 aliphatic heterocycles. The van der Waals surface area contributed by atoms with Crippen LogP contribution in [0.2, 0.25) is 0 Å². The van der Waals surface area contributed by atoms with Gasteiger partial charge in [0.2, 0.25) is 5.91 Å². The molecule has 1 aromatic carbocycles. The topological polar surface area (TPSA) is 91.4 Å². The van der Waals surface area contributed by atoms with Crippen molar-refractivity contribution in [3.8, 4) is 0 Å². The molecule has 0 saturated carbocycles. The lowest BCUT2D eigenvalue weighted by molar-refractivity contribution is -0.118.